The number of β-lactam (4-membered cyclic amide) rings is 1. The largest absolute Gasteiger partial charge is 0.543 e. The van der Waals surface area contributed by atoms with E-state index in [9.17, 15) is 29.1 Å². The van der Waals surface area contributed by atoms with E-state index in [1.54, 1.807) is 29.1 Å². The second-order valence-corrected chi connectivity index (χ2v) is 11.3. The number of nitrogens with one attached hydrogen (secondary N) is 2. The van der Waals surface area contributed by atoms with Crippen LogP contribution in [-0.2, 0) is 35.4 Å². The number of nitrogen functional groups attached to an aromatic ring is 1. The fourth-order valence-corrected chi connectivity index (χ4v) is 5.82. The van der Waals surface area contributed by atoms with E-state index in [0.717, 1.165) is 16.2 Å². The van der Waals surface area contributed by atoms with Gasteiger partial charge in [-0.1, -0.05) is 11.2 Å². The van der Waals surface area contributed by atoms with Crippen LogP contribution in [0.2, 0.25) is 0 Å². The van der Waals surface area contributed by atoms with Gasteiger partial charge in [0.15, 0.2) is 29.8 Å². The van der Waals surface area contributed by atoms with E-state index in [-0.39, 0.29) is 28.8 Å². The molecule has 0 bridgehead atoms. The molecule has 0 unspecified atom stereocenters. The summed E-state index contributed by atoms with van der Waals surface area (Å²) in [7, 11) is 0. The molecule has 17 heteroatoms. The van der Waals surface area contributed by atoms with Crippen molar-refractivity contribution in [3.63, 3.8) is 0 Å². The Labute approximate surface area is 241 Å². The Morgan fingerprint density at radius 3 is 2.61 bits per heavy atom. The summed E-state index contributed by atoms with van der Waals surface area (Å²) in [4.78, 5) is 72.0. The van der Waals surface area contributed by atoms with E-state index in [4.69, 9.17) is 15.7 Å². The standard InChI is InChI=1S/C24H25N7O8S2/c1-24(2,22(38)26-8-14(32)33)39-29-15(13-11-41-23(25)27-13)18(34)28-16-19(35)31-17(21(36)37)12(10-40-20(16)31)9-30-6-4-3-5-7-30/h3-7,11,16,20H,8-10H2,1-2H3,(H5-,25,26,27,28,32,33,34,36,37,38)/b29-15-/t16-,20-/m1/s1. The predicted molar refractivity (Wildman–Crippen MR) is 143 cm³/mol. The van der Waals surface area contributed by atoms with Crippen molar-refractivity contribution < 1.29 is 43.6 Å². The first-order chi connectivity index (χ1) is 19.4. The fraction of sp³-hybridized carbons (Fsp3) is 0.333. The number of carbonyl (C=O) groups excluding carboxylic acids is 4. The molecule has 2 atom stereocenters. The van der Waals surface area contributed by atoms with Crippen LogP contribution in [-0.4, -0.2) is 79.7 Å². The molecular formula is C24H25N7O8S2. The van der Waals surface area contributed by atoms with Crippen LogP contribution in [0.5, 0.6) is 0 Å². The number of carboxylic acid groups (broad SMARTS) is 2. The molecule has 5 N–H and O–H groups in total. The molecule has 0 spiro atoms. The van der Waals surface area contributed by atoms with Crippen molar-refractivity contribution in [3.05, 3.63) is 52.9 Å². The maximum absolute atomic E-state index is 13.3. The summed E-state index contributed by atoms with van der Waals surface area (Å²) in [5.41, 5.74) is 3.86. The van der Waals surface area contributed by atoms with Crippen molar-refractivity contribution in [1.29, 1.82) is 0 Å². The van der Waals surface area contributed by atoms with Gasteiger partial charge >= 0.3 is 5.97 Å². The molecule has 4 heterocycles. The molecule has 2 aliphatic heterocycles. The van der Waals surface area contributed by atoms with Crippen LogP contribution in [0.1, 0.15) is 19.5 Å². The average Bonchev–Trinajstić information content (AvgIpc) is 3.36. The fourth-order valence-electron chi connectivity index (χ4n) is 3.93. The van der Waals surface area contributed by atoms with Gasteiger partial charge in [0.1, 0.15) is 23.7 Å². The molecule has 0 radical (unpaired) electrons. The lowest BCUT2D eigenvalue weighted by Gasteiger charge is -2.50. The quantitative estimate of drug-likeness (QED) is 0.0936. The third-order valence-electron chi connectivity index (χ3n) is 5.97. The van der Waals surface area contributed by atoms with Gasteiger partial charge in [-0.05, 0) is 13.8 Å². The number of nitrogens with two attached hydrogens (primary N) is 1. The van der Waals surface area contributed by atoms with Gasteiger partial charge < -0.3 is 36.2 Å². The molecule has 15 nitrogen and oxygen atoms in total. The number of thiazole rings is 1. The Morgan fingerprint density at radius 1 is 1.29 bits per heavy atom. The molecule has 0 aliphatic carbocycles. The predicted octanol–water partition coefficient (Wildman–Crippen LogP) is -2.18. The number of nitrogens with zero attached hydrogens (tertiary/aromatic N) is 4. The monoisotopic (exact) mass is 603 g/mol. The molecule has 2 aromatic rings. The number of aliphatic carboxylic acids is 2. The minimum Gasteiger partial charge on any atom is -0.543 e. The van der Waals surface area contributed by atoms with Gasteiger partial charge in [0.05, 0.1) is 11.7 Å². The van der Waals surface area contributed by atoms with Crippen molar-refractivity contribution in [3.8, 4) is 0 Å². The molecule has 0 aromatic carbocycles. The molecule has 0 saturated carbocycles. The number of carbonyl (C=O) groups is 5. The van der Waals surface area contributed by atoms with Gasteiger partial charge in [-0.2, -0.15) is 0 Å². The summed E-state index contributed by atoms with van der Waals surface area (Å²) in [6, 6.07) is 4.31. The summed E-state index contributed by atoms with van der Waals surface area (Å²) < 4.78 is 1.77. The number of oxime groups is 1. The van der Waals surface area contributed by atoms with Crippen LogP contribution >= 0.6 is 23.1 Å². The smallest absolute Gasteiger partial charge is 0.322 e. The lowest BCUT2D eigenvalue weighted by Crippen LogP contribution is -2.71. The van der Waals surface area contributed by atoms with E-state index in [2.05, 4.69) is 20.8 Å². The number of carboxylic acids is 2. The SMILES string of the molecule is CC(C)(O/N=C(\C(=O)N[C@@H]1C(=O)N2C(C(=O)[O-])=C(C[n+]3ccccc3)CS[C@H]12)c1csc(N)n1)C(=O)NCC(=O)O. The summed E-state index contributed by atoms with van der Waals surface area (Å²) in [5, 5.41) is 30.2. The van der Waals surface area contributed by atoms with Crippen molar-refractivity contribution in [2.45, 2.75) is 37.4 Å². The molecule has 1 fully saturated rings. The minimum atomic E-state index is -1.69. The molecule has 3 amide bonds. The number of aromatic nitrogens is 2. The highest BCUT2D eigenvalue weighted by atomic mass is 32.2. The number of pyridine rings is 1. The molecule has 41 heavy (non-hydrogen) atoms. The van der Waals surface area contributed by atoms with Crippen LogP contribution in [0.4, 0.5) is 5.13 Å². The van der Waals surface area contributed by atoms with Crippen molar-refractivity contribution in [1.82, 2.24) is 20.5 Å². The number of hydrogen-bond donors (Lipinski definition) is 4. The van der Waals surface area contributed by atoms with Crippen LogP contribution in [0, 0.1) is 0 Å². The number of amides is 3. The highest BCUT2D eigenvalue weighted by Crippen LogP contribution is 2.40. The number of hydrogen-bond acceptors (Lipinski definition) is 12. The van der Waals surface area contributed by atoms with Gasteiger partial charge in [-0.15, -0.1) is 23.1 Å². The number of fused-ring (bicyclic) bond motifs is 1. The lowest BCUT2D eigenvalue weighted by molar-refractivity contribution is -0.689. The number of anilines is 1. The Kier molecular flexibility index (Phi) is 8.57. The first kappa shape index (κ1) is 29.5. The molecule has 1 saturated heterocycles. The van der Waals surface area contributed by atoms with Crippen LogP contribution in [0.25, 0.3) is 0 Å². The summed E-state index contributed by atoms with van der Waals surface area (Å²) in [6.07, 6.45) is 3.53. The first-order valence-electron chi connectivity index (χ1n) is 12.0. The third-order valence-corrected chi connectivity index (χ3v) is 7.98. The summed E-state index contributed by atoms with van der Waals surface area (Å²) in [6.45, 7) is 2.20. The van der Waals surface area contributed by atoms with Crippen molar-refractivity contribution >= 4 is 63.6 Å². The van der Waals surface area contributed by atoms with E-state index in [1.165, 1.54) is 31.0 Å². The van der Waals surface area contributed by atoms with Gasteiger partial charge in [0, 0.05) is 28.8 Å². The van der Waals surface area contributed by atoms with E-state index in [0.29, 0.717) is 5.57 Å². The zero-order chi connectivity index (χ0) is 29.9. The summed E-state index contributed by atoms with van der Waals surface area (Å²) >= 11 is 2.29. The molecule has 4 rings (SSSR count). The highest BCUT2D eigenvalue weighted by Gasteiger charge is 2.53. The maximum atomic E-state index is 13.3. The maximum Gasteiger partial charge on any atom is 0.322 e. The van der Waals surface area contributed by atoms with Crippen LogP contribution < -0.4 is 26.0 Å². The Morgan fingerprint density at radius 2 is 2.00 bits per heavy atom. The van der Waals surface area contributed by atoms with E-state index < -0.39 is 58.9 Å². The number of rotatable bonds is 11. The normalized spacial score (nSPS) is 18.7. The zero-order valence-electron chi connectivity index (χ0n) is 21.7. The second kappa shape index (κ2) is 11.9. The van der Waals surface area contributed by atoms with Crippen molar-refractivity contribution in [2.24, 2.45) is 5.16 Å². The zero-order valence-corrected chi connectivity index (χ0v) is 23.4. The number of thioether (sulfide) groups is 1. The topological polar surface area (TPSA) is 220 Å². The van der Waals surface area contributed by atoms with Gasteiger partial charge in [-0.3, -0.25) is 24.1 Å². The minimum absolute atomic E-state index is 0.00385. The van der Waals surface area contributed by atoms with Gasteiger partial charge in [0.25, 0.3) is 17.7 Å². The van der Waals surface area contributed by atoms with E-state index >= 15 is 0 Å². The van der Waals surface area contributed by atoms with Gasteiger partial charge in [-0.25, -0.2) is 9.55 Å². The second-order valence-electron chi connectivity index (χ2n) is 9.34. The molecule has 2 aromatic heterocycles. The lowest BCUT2D eigenvalue weighted by atomic mass is 10.0. The van der Waals surface area contributed by atoms with Crippen LogP contribution in [0.15, 0.2) is 52.4 Å². The molecular weight excluding hydrogens is 578 g/mol. The highest BCUT2D eigenvalue weighted by molar-refractivity contribution is 8.00. The molecule has 2 aliphatic rings. The molecule has 216 valence electrons. The first-order valence-corrected chi connectivity index (χ1v) is 13.9. The Balaban J connectivity index is 1.52. The average molecular weight is 604 g/mol. The van der Waals surface area contributed by atoms with Gasteiger partial charge in [0.2, 0.25) is 5.60 Å². The van der Waals surface area contributed by atoms with Crippen molar-refractivity contribution in [2.75, 3.05) is 18.0 Å². The van der Waals surface area contributed by atoms with Crippen LogP contribution in [0.3, 0.4) is 0 Å². The Bertz CT molecular complexity index is 1460. The third kappa shape index (κ3) is 6.46. The van der Waals surface area contributed by atoms with E-state index in [1.807, 2.05) is 6.07 Å². The Hall–Kier alpha value is -4.51. The summed E-state index contributed by atoms with van der Waals surface area (Å²) in [5.74, 6) is -4.85.